The zero-order valence-electron chi connectivity index (χ0n) is 17.6. The fourth-order valence-corrected chi connectivity index (χ4v) is 4.34. The van der Waals surface area contributed by atoms with Crippen molar-refractivity contribution in [3.05, 3.63) is 47.7 Å². The molecule has 3 aromatic rings. The number of aromatic nitrogens is 4. The van der Waals surface area contributed by atoms with Crippen LogP contribution in [0.25, 0.3) is 11.5 Å². The van der Waals surface area contributed by atoms with Gasteiger partial charge in [-0.2, -0.15) is 4.98 Å². The SMILES string of the molecule is CC(C)(C)c1nc(CN2CCC3(CC2)CC3c2nnc(-c3cccc(F)c3)o2)no1. The van der Waals surface area contributed by atoms with E-state index in [1.807, 2.05) is 0 Å². The second-order valence-electron chi connectivity index (χ2n) is 9.62. The molecule has 158 valence electrons. The molecule has 0 amide bonds. The Morgan fingerprint density at radius 3 is 2.70 bits per heavy atom. The first-order valence-electron chi connectivity index (χ1n) is 10.5. The third kappa shape index (κ3) is 3.64. The van der Waals surface area contributed by atoms with E-state index in [1.165, 1.54) is 12.1 Å². The smallest absolute Gasteiger partial charge is 0.247 e. The van der Waals surface area contributed by atoms with Crippen LogP contribution in [0.3, 0.4) is 0 Å². The van der Waals surface area contributed by atoms with Crippen molar-refractivity contribution in [3.8, 4) is 11.5 Å². The minimum Gasteiger partial charge on any atom is -0.420 e. The van der Waals surface area contributed by atoms with Gasteiger partial charge in [0.2, 0.25) is 17.7 Å². The molecule has 5 rings (SSSR count). The van der Waals surface area contributed by atoms with E-state index in [0.717, 1.165) is 38.2 Å². The van der Waals surface area contributed by atoms with Gasteiger partial charge < -0.3 is 8.94 Å². The highest BCUT2D eigenvalue weighted by molar-refractivity contribution is 5.52. The minimum absolute atomic E-state index is 0.132. The van der Waals surface area contributed by atoms with Crippen molar-refractivity contribution in [2.24, 2.45) is 5.41 Å². The summed E-state index contributed by atoms with van der Waals surface area (Å²) in [6, 6.07) is 6.26. The number of hydrogen-bond acceptors (Lipinski definition) is 7. The average Bonchev–Trinajstić information content (AvgIpc) is 3.08. The first-order chi connectivity index (χ1) is 14.3. The molecule has 8 heteroatoms. The van der Waals surface area contributed by atoms with Gasteiger partial charge in [0.1, 0.15) is 5.82 Å². The molecule has 0 bridgehead atoms. The fraction of sp³-hybridized carbons (Fsp3) is 0.545. The van der Waals surface area contributed by atoms with E-state index >= 15 is 0 Å². The molecule has 2 fully saturated rings. The summed E-state index contributed by atoms with van der Waals surface area (Å²) in [6.45, 7) is 8.89. The number of likely N-dealkylation sites (tertiary alicyclic amines) is 1. The van der Waals surface area contributed by atoms with Crippen LogP contribution in [0.5, 0.6) is 0 Å². The molecule has 0 N–H and O–H groups in total. The van der Waals surface area contributed by atoms with E-state index in [1.54, 1.807) is 12.1 Å². The van der Waals surface area contributed by atoms with Crippen molar-refractivity contribution in [2.45, 2.75) is 57.9 Å². The minimum atomic E-state index is -0.307. The molecule has 30 heavy (non-hydrogen) atoms. The van der Waals surface area contributed by atoms with Gasteiger partial charge in [-0.15, -0.1) is 10.2 Å². The summed E-state index contributed by atoms with van der Waals surface area (Å²) in [5.74, 6) is 2.48. The van der Waals surface area contributed by atoms with Crippen LogP contribution in [-0.2, 0) is 12.0 Å². The summed E-state index contributed by atoms with van der Waals surface area (Å²) in [7, 11) is 0. The van der Waals surface area contributed by atoms with Crippen LogP contribution in [0.2, 0.25) is 0 Å². The van der Waals surface area contributed by atoms with E-state index in [0.29, 0.717) is 35.7 Å². The van der Waals surface area contributed by atoms with Crippen molar-refractivity contribution in [2.75, 3.05) is 13.1 Å². The Morgan fingerprint density at radius 1 is 1.20 bits per heavy atom. The topological polar surface area (TPSA) is 81.1 Å². The first-order valence-corrected chi connectivity index (χ1v) is 10.5. The van der Waals surface area contributed by atoms with Crippen molar-refractivity contribution >= 4 is 0 Å². The van der Waals surface area contributed by atoms with Gasteiger partial charge in [0, 0.05) is 16.9 Å². The Morgan fingerprint density at radius 2 is 2.00 bits per heavy atom. The number of benzene rings is 1. The third-order valence-corrected chi connectivity index (χ3v) is 6.33. The highest BCUT2D eigenvalue weighted by Crippen LogP contribution is 2.64. The monoisotopic (exact) mass is 411 g/mol. The van der Waals surface area contributed by atoms with Crippen LogP contribution < -0.4 is 0 Å². The summed E-state index contributed by atoms with van der Waals surface area (Å²) in [6.07, 6.45) is 3.24. The fourth-order valence-electron chi connectivity index (χ4n) is 4.34. The van der Waals surface area contributed by atoms with Crippen LogP contribution in [0.15, 0.2) is 33.2 Å². The Balaban J connectivity index is 1.19. The van der Waals surface area contributed by atoms with Crippen LogP contribution in [-0.4, -0.2) is 38.3 Å². The maximum Gasteiger partial charge on any atom is 0.247 e. The Hall–Kier alpha value is -2.61. The highest BCUT2D eigenvalue weighted by Gasteiger charge is 2.58. The Kier molecular flexibility index (Phi) is 4.50. The molecule has 1 aliphatic carbocycles. The molecule has 1 spiro atoms. The van der Waals surface area contributed by atoms with Crippen LogP contribution in [0.1, 0.15) is 63.6 Å². The molecule has 1 aliphatic heterocycles. The zero-order chi connectivity index (χ0) is 20.9. The molecule has 0 radical (unpaired) electrons. The second kappa shape index (κ2) is 6.97. The molecule has 7 nitrogen and oxygen atoms in total. The molecule has 1 unspecified atom stereocenters. The van der Waals surface area contributed by atoms with Crippen molar-refractivity contribution in [3.63, 3.8) is 0 Å². The zero-order valence-corrected chi connectivity index (χ0v) is 17.6. The lowest BCUT2D eigenvalue weighted by Crippen LogP contribution is -2.34. The predicted molar refractivity (Wildman–Crippen MR) is 107 cm³/mol. The van der Waals surface area contributed by atoms with E-state index in [9.17, 15) is 4.39 Å². The van der Waals surface area contributed by atoms with Crippen molar-refractivity contribution < 1.29 is 13.3 Å². The average molecular weight is 411 g/mol. The molecule has 2 aliphatic rings. The van der Waals surface area contributed by atoms with Gasteiger partial charge >= 0.3 is 0 Å². The number of hydrogen-bond donors (Lipinski definition) is 0. The van der Waals surface area contributed by atoms with Crippen LogP contribution in [0.4, 0.5) is 4.39 Å². The van der Waals surface area contributed by atoms with Gasteiger partial charge in [0.05, 0.1) is 6.54 Å². The van der Waals surface area contributed by atoms with Gasteiger partial charge in [0.25, 0.3) is 0 Å². The van der Waals surface area contributed by atoms with Crippen LogP contribution in [0, 0.1) is 11.2 Å². The molecule has 1 saturated heterocycles. The molecule has 1 aromatic carbocycles. The number of piperidine rings is 1. The lowest BCUT2D eigenvalue weighted by molar-refractivity contribution is 0.155. The molecular formula is C22H26FN5O2. The number of halogens is 1. The summed E-state index contributed by atoms with van der Waals surface area (Å²) in [5, 5.41) is 12.5. The summed E-state index contributed by atoms with van der Waals surface area (Å²) in [5.41, 5.74) is 0.733. The van der Waals surface area contributed by atoms with E-state index in [4.69, 9.17) is 8.94 Å². The van der Waals surface area contributed by atoms with Gasteiger partial charge in [-0.3, -0.25) is 4.90 Å². The summed E-state index contributed by atoms with van der Waals surface area (Å²) in [4.78, 5) is 6.93. The second-order valence-corrected chi connectivity index (χ2v) is 9.62. The van der Waals surface area contributed by atoms with Crippen LogP contribution >= 0.6 is 0 Å². The van der Waals surface area contributed by atoms with E-state index in [-0.39, 0.29) is 16.6 Å². The van der Waals surface area contributed by atoms with E-state index < -0.39 is 0 Å². The van der Waals surface area contributed by atoms with E-state index in [2.05, 4.69) is 46.0 Å². The van der Waals surface area contributed by atoms with Crippen molar-refractivity contribution in [1.82, 2.24) is 25.2 Å². The Bertz CT molecular complexity index is 1050. The number of rotatable bonds is 4. The number of nitrogens with zero attached hydrogens (tertiary/aromatic N) is 5. The standard InChI is InChI=1S/C22H26FN5O2/c1-21(2,3)20-24-17(27-30-20)13-28-9-7-22(8-10-28)12-16(22)19-26-25-18(29-19)14-5-4-6-15(23)11-14/h4-6,11,16H,7-10,12-13H2,1-3H3. The predicted octanol–water partition coefficient (Wildman–Crippen LogP) is 4.33. The maximum absolute atomic E-state index is 13.5. The van der Waals surface area contributed by atoms with Gasteiger partial charge in [-0.25, -0.2) is 4.39 Å². The van der Waals surface area contributed by atoms with Gasteiger partial charge in [0.15, 0.2) is 5.82 Å². The Labute approximate surface area is 174 Å². The normalized spacial score (nSPS) is 21.3. The molecular weight excluding hydrogens is 385 g/mol. The van der Waals surface area contributed by atoms with Crippen molar-refractivity contribution in [1.29, 1.82) is 0 Å². The third-order valence-electron chi connectivity index (χ3n) is 6.33. The summed E-state index contributed by atoms with van der Waals surface area (Å²) < 4.78 is 24.8. The lowest BCUT2D eigenvalue weighted by Gasteiger charge is -2.31. The molecule has 1 saturated carbocycles. The maximum atomic E-state index is 13.5. The largest absolute Gasteiger partial charge is 0.420 e. The molecule has 3 heterocycles. The molecule has 2 aromatic heterocycles. The quantitative estimate of drug-likeness (QED) is 0.632. The van der Waals surface area contributed by atoms with Gasteiger partial charge in [-0.1, -0.05) is 32.0 Å². The molecule has 1 atom stereocenters. The lowest BCUT2D eigenvalue weighted by atomic mass is 9.91. The van der Waals surface area contributed by atoms with Gasteiger partial charge in [-0.05, 0) is 56.0 Å². The highest BCUT2D eigenvalue weighted by atomic mass is 19.1. The summed E-state index contributed by atoms with van der Waals surface area (Å²) >= 11 is 0. The first kappa shape index (κ1) is 19.4.